The van der Waals surface area contributed by atoms with Crippen molar-refractivity contribution in [1.29, 1.82) is 0 Å². The van der Waals surface area contributed by atoms with Crippen molar-refractivity contribution in [2.75, 3.05) is 10.6 Å². The van der Waals surface area contributed by atoms with Crippen LogP contribution in [0, 0.1) is 5.82 Å². The lowest BCUT2D eigenvalue weighted by molar-refractivity contribution is 0.102. The Bertz CT molecular complexity index is 822. The van der Waals surface area contributed by atoms with E-state index in [9.17, 15) is 9.18 Å². The molecular weight excluding hydrogens is 307 g/mol. The van der Waals surface area contributed by atoms with Crippen LogP contribution in [0.15, 0.2) is 67.0 Å². The Labute approximate surface area is 138 Å². The predicted molar refractivity (Wildman–Crippen MR) is 90.2 cm³/mol. The van der Waals surface area contributed by atoms with E-state index < -0.39 is 11.7 Å². The molecule has 2 aromatic heterocycles. The number of carbonyl (C=O) groups is 1. The molecule has 2 heterocycles. The van der Waals surface area contributed by atoms with Gasteiger partial charge in [0.25, 0.3) is 5.91 Å². The summed E-state index contributed by atoms with van der Waals surface area (Å²) in [6.45, 7) is 0.550. The molecule has 3 rings (SSSR count). The normalized spacial score (nSPS) is 10.2. The van der Waals surface area contributed by atoms with Gasteiger partial charge in [-0.2, -0.15) is 0 Å². The molecule has 0 bridgehead atoms. The molecule has 0 radical (unpaired) electrons. The van der Waals surface area contributed by atoms with Crippen molar-refractivity contribution >= 4 is 17.4 Å². The summed E-state index contributed by atoms with van der Waals surface area (Å²) in [6.07, 6.45) is 3.24. The maximum absolute atomic E-state index is 13.6. The smallest absolute Gasteiger partial charge is 0.258 e. The molecule has 2 N–H and O–H groups in total. The average molecular weight is 322 g/mol. The summed E-state index contributed by atoms with van der Waals surface area (Å²) in [5.74, 6) is -0.412. The van der Waals surface area contributed by atoms with Crippen molar-refractivity contribution in [3.63, 3.8) is 0 Å². The molecular formula is C18H15FN4O. The first-order valence-corrected chi connectivity index (χ1v) is 7.38. The number of halogens is 1. The highest BCUT2D eigenvalue weighted by atomic mass is 19.1. The van der Waals surface area contributed by atoms with Crippen LogP contribution in [0.25, 0.3) is 0 Å². The average Bonchev–Trinajstić information content (AvgIpc) is 2.62. The van der Waals surface area contributed by atoms with Crippen molar-refractivity contribution in [3.05, 3.63) is 84.1 Å². The number of carbonyl (C=O) groups excluding carboxylic acids is 1. The Balaban J connectivity index is 1.60. The van der Waals surface area contributed by atoms with Gasteiger partial charge in [0.2, 0.25) is 0 Å². The number of hydrogen-bond donors (Lipinski definition) is 2. The first-order valence-electron chi connectivity index (χ1n) is 7.38. The molecule has 6 heteroatoms. The fraction of sp³-hybridized carbons (Fsp3) is 0.0556. The van der Waals surface area contributed by atoms with Crippen LogP contribution in [0.2, 0.25) is 0 Å². The first-order chi connectivity index (χ1) is 11.7. The Morgan fingerprint density at radius 3 is 2.54 bits per heavy atom. The van der Waals surface area contributed by atoms with Crippen LogP contribution in [0.1, 0.15) is 16.1 Å². The Hall–Kier alpha value is -3.28. The van der Waals surface area contributed by atoms with Gasteiger partial charge >= 0.3 is 0 Å². The number of benzene rings is 1. The second-order valence-corrected chi connectivity index (χ2v) is 5.04. The van der Waals surface area contributed by atoms with E-state index in [1.165, 1.54) is 24.4 Å². The van der Waals surface area contributed by atoms with Crippen LogP contribution in [-0.2, 0) is 6.54 Å². The van der Waals surface area contributed by atoms with Crippen LogP contribution in [0.5, 0.6) is 0 Å². The summed E-state index contributed by atoms with van der Waals surface area (Å²) in [7, 11) is 0. The lowest BCUT2D eigenvalue weighted by Crippen LogP contribution is -2.14. The van der Waals surface area contributed by atoms with Gasteiger partial charge in [0, 0.05) is 6.20 Å². The van der Waals surface area contributed by atoms with Gasteiger partial charge in [-0.05, 0) is 36.4 Å². The number of amides is 1. The van der Waals surface area contributed by atoms with Gasteiger partial charge in [-0.15, -0.1) is 0 Å². The quantitative estimate of drug-likeness (QED) is 0.755. The summed E-state index contributed by atoms with van der Waals surface area (Å²) >= 11 is 0. The van der Waals surface area contributed by atoms with Crippen LogP contribution in [0.4, 0.5) is 15.9 Å². The summed E-state index contributed by atoms with van der Waals surface area (Å²) in [5.41, 5.74) is 1.39. The molecule has 0 unspecified atom stereocenters. The molecule has 1 aromatic carbocycles. The van der Waals surface area contributed by atoms with E-state index in [2.05, 4.69) is 20.6 Å². The van der Waals surface area contributed by atoms with E-state index in [1.54, 1.807) is 24.4 Å². The van der Waals surface area contributed by atoms with Gasteiger partial charge in [-0.3, -0.25) is 9.78 Å². The van der Waals surface area contributed by atoms with Crippen molar-refractivity contribution in [2.45, 2.75) is 6.54 Å². The minimum atomic E-state index is -0.559. The third kappa shape index (κ3) is 3.92. The summed E-state index contributed by atoms with van der Waals surface area (Å²) in [6, 6.07) is 14.9. The van der Waals surface area contributed by atoms with Crippen molar-refractivity contribution in [3.8, 4) is 0 Å². The van der Waals surface area contributed by atoms with Crippen LogP contribution >= 0.6 is 0 Å². The van der Waals surface area contributed by atoms with E-state index in [0.29, 0.717) is 18.1 Å². The van der Waals surface area contributed by atoms with E-state index in [-0.39, 0.29) is 5.56 Å². The highest BCUT2D eigenvalue weighted by Gasteiger charge is 2.10. The van der Waals surface area contributed by atoms with E-state index in [0.717, 1.165) is 5.69 Å². The molecule has 0 aliphatic heterocycles. The zero-order valence-corrected chi connectivity index (χ0v) is 12.7. The highest BCUT2D eigenvalue weighted by molar-refractivity contribution is 6.04. The van der Waals surface area contributed by atoms with E-state index >= 15 is 0 Å². The summed E-state index contributed by atoms with van der Waals surface area (Å²) in [5, 5.41) is 5.75. The molecule has 0 saturated heterocycles. The first kappa shape index (κ1) is 15.6. The monoisotopic (exact) mass is 322 g/mol. The molecule has 0 aliphatic carbocycles. The maximum atomic E-state index is 13.6. The number of rotatable bonds is 5. The fourth-order valence-corrected chi connectivity index (χ4v) is 2.10. The molecule has 5 nitrogen and oxygen atoms in total. The second kappa shape index (κ2) is 7.32. The van der Waals surface area contributed by atoms with E-state index in [4.69, 9.17) is 0 Å². The van der Waals surface area contributed by atoms with Gasteiger partial charge < -0.3 is 10.6 Å². The van der Waals surface area contributed by atoms with Crippen LogP contribution in [0.3, 0.4) is 0 Å². The van der Waals surface area contributed by atoms with Gasteiger partial charge in [0.05, 0.1) is 29.7 Å². The van der Waals surface area contributed by atoms with Gasteiger partial charge in [-0.25, -0.2) is 9.37 Å². The number of hydrogen-bond acceptors (Lipinski definition) is 4. The third-order valence-electron chi connectivity index (χ3n) is 3.32. The molecule has 0 fully saturated rings. The lowest BCUT2D eigenvalue weighted by atomic mass is 10.2. The number of nitrogens with one attached hydrogen (secondary N) is 2. The predicted octanol–water partition coefficient (Wildman–Crippen LogP) is 3.48. The molecule has 3 aromatic rings. The molecule has 0 atom stereocenters. The number of aromatic nitrogens is 2. The Morgan fingerprint density at radius 2 is 1.83 bits per heavy atom. The molecule has 120 valence electrons. The Morgan fingerprint density at radius 1 is 1.00 bits per heavy atom. The standard InChI is InChI=1S/C18H15FN4O/c19-16-7-2-1-6-15(16)18(24)23-14-8-9-17(22-12-14)21-11-13-5-3-4-10-20-13/h1-10,12H,11H2,(H,21,22)(H,23,24). The van der Waals surface area contributed by atoms with Gasteiger partial charge in [-0.1, -0.05) is 18.2 Å². The fourth-order valence-electron chi connectivity index (χ4n) is 2.10. The largest absolute Gasteiger partial charge is 0.364 e. The number of anilines is 2. The minimum Gasteiger partial charge on any atom is -0.364 e. The zero-order valence-electron chi connectivity index (χ0n) is 12.7. The van der Waals surface area contributed by atoms with Crippen molar-refractivity contribution < 1.29 is 9.18 Å². The minimum absolute atomic E-state index is 0.00477. The van der Waals surface area contributed by atoms with Gasteiger partial charge in [0.15, 0.2) is 0 Å². The lowest BCUT2D eigenvalue weighted by Gasteiger charge is -2.08. The zero-order chi connectivity index (χ0) is 16.8. The number of pyridine rings is 2. The van der Waals surface area contributed by atoms with Gasteiger partial charge in [0.1, 0.15) is 11.6 Å². The molecule has 24 heavy (non-hydrogen) atoms. The molecule has 0 saturated carbocycles. The van der Waals surface area contributed by atoms with Crippen LogP contribution in [-0.4, -0.2) is 15.9 Å². The maximum Gasteiger partial charge on any atom is 0.258 e. The Kier molecular flexibility index (Phi) is 4.76. The van der Waals surface area contributed by atoms with Crippen LogP contribution < -0.4 is 10.6 Å². The molecule has 1 amide bonds. The third-order valence-corrected chi connectivity index (χ3v) is 3.32. The highest BCUT2D eigenvalue weighted by Crippen LogP contribution is 2.13. The summed E-state index contributed by atoms with van der Waals surface area (Å²) < 4.78 is 13.6. The van der Waals surface area contributed by atoms with Crippen molar-refractivity contribution in [2.24, 2.45) is 0 Å². The summed E-state index contributed by atoms with van der Waals surface area (Å²) in [4.78, 5) is 20.5. The molecule has 0 aliphatic rings. The van der Waals surface area contributed by atoms with Crippen molar-refractivity contribution in [1.82, 2.24) is 9.97 Å². The second-order valence-electron chi connectivity index (χ2n) is 5.04. The van der Waals surface area contributed by atoms with E-state index in [1.807, 2.05) is 18.2 Å². The topological polar surface area (TPSA) is 66.9 Å². The SMILES string of the molecule is O=C(Nc1ccc(NCc2ccccn2)nc1)c1ccccc1F. The number of nitrogens with zero attached hydrogens (tertiary/aromatic N) is 2. The molecule has 0 spiro atoms.